The molecule has 0 amide bonds. The summed E-state index contributed by atoms with van der Waals surface area (Å²) >= 11 is 1.69. The molecule has 0 fully saturated rings. The lowest BCUT2D eigenvalue weighted by Gasteiger charge is -2.09. The van der Waals surface area contributed by atoms with Crippen LogP contribution in [0.25, 0.3) is 22.2 Å². The molecule has 0 atom stereocenters. The van der Waals surface area contributed by atoms with Gasteiger partial charge in [-0.2, -0.15) is 0 Å². The molecule has 0 saturated heterocycles. The minimum absolute atomic E-state index is 0.189. The van der Waals surface area contributed by atoms with Gasteiger partial charge in [-0.1, -0.05) is 72.8 Å². The van der Waals surface area contributed by atoms with Crippen LogP contribution in [0.2, 0.25) is 0 Å². The molecule has 0 aliphatic rings. The predicted molar refractivity (Wildman–Crippen MR) is 120 cm³/mol. The van der Waals surface area contributed by atoms with Crippen LogP contribution < -0.4 is 0 Å². The molecule has 140 valence electrons. The lowest BCUT2D eigenvalue weighted by Crippen LogP contribution is -2.05. The largest absolute Gasteiger partial charge is 0.343 e. The molecule has 0 aliphatic heterocycles. The summed E-state index contributed by atoms with van der Waals surface area (Å²) in [4.78, 5) is 13.3. The highest BCUT2D eigenvalue weighted by Gasteiger charge is 2.21. The van der Waals surface area contributed by atoms with Gasteiger partial charge in [-0.25, -0.2) is 0 Å². The fraction of sp³-hybridized carbons (Fsp3) is 0.160. The Morgan fingerprint density at radius 2 is 1.57 bits per heavy atom. The average Bonchev–Trinajstić information content (AvgIpc) is 3.03. The van der Waals surface area contributed by atoms with Crippen LogP contribution in [-0.2, 0) is 12.8 Å². The summed E-state index contributed by atoms with van der Waals surface area (Å²) in [5.41, 5.74) is 6.58. The molecule has 0 spiro atoms. The molecule has 1 heterocycles. The van der Waals surface area contributed by atoms with E-state index in [0.717, 1.165) is 33.5 Å². The first-order valence-electron chi connectivity index (χ1n) is 9.45. The second kappa shape index (κ2) is 8.07. The molecular weight excluding hydrogens is 362 g/mol. The first-order chi connectivity index (χ1) is 13.7. The highest BCUT2D eigenvalue weighted by molar-refractivity contribution is 7.99. The third-order valence-electron chi connectivity index (χ3n) is 5.18. The lowest BCUT2D eigenvalue weighted by atomic mass is 10.0. The van der Waals surface area contributed by atoms with Crippen LogP contribution in [0.3, 0.4) is 0 Å². The van der Waals surface area contributed by atoms with Crippen LogP contribution in [-0.4, -0.2) is 16.1 Å². The zero-order chi connectivity index (χ0) is 19.5. The molecule has 0 saturated carbocycles. The Morgan fingerprint density at radius 3 is 2.36 bits per heavy atom. The molecule has 28 heavy (non-hydrogen) atoms. The normalized spacial score (nSPS) is 11.1. The molecule has 2 nitrogen and oxygen atoms in total. The summed E-state index contributed by atoms with van der Waals surface area (Å²) in [6.45, 7) is 2.12. The number of aromatic nitrogens is 1. The first kappa shape index (κ1) is 18.6. The lowest BCUT2D eigenvalue weighted by molar-refractivity contribution is 0.102. The second-order valence-corrected chi connectivity index (χ2v) is 7.99. The Balaban J connectivity index is 1.67. The van der Waals surface area contributed by atoms with Gasteiger partial charge in [-0.05, 0) is 29.7 Å². The number of thioether (sulfide) groups is 1. The number of fused-ring (bicyclic) bond motifs is 1. The van der Waals surface area contributed by atoms with Crippen molar-refractivity contribution in [1.82, 2.24) is 4.57 Å². The van der Waals surface area contributed by atoms with E-state index >= 15 is 0 Å². The van der Waals surface area contributed by atoms with Crippen LogP contribution in [0.5, 0.6) is 0 Å². The molecule has 3 aromatic carbocycles. The maximum absolute atomic E-state index is 13.3. The smallest absolute Gasteiger partial charge is 0.175 e. The van der Waals surface area contributed by atoms with Crippen molar-refractivity contribution in [2.24, 2.45) is 7.05 Å². The van der Waals surface area contributed by atoms with E-state index in [1.807, 2.05) is 37.4 Å². The van der Waals surface area contributed by atoms with Crippen molar-refractivity contribution < 1.29 is 4.79 Å². The van der Waals surface area contributed by atoms with E-state index < -0.39 is 0 Å². The Bertz CT molecular complexity index is 1130. The number of ketones is 1. The molecule has 4 rings (SSSR count). The molecule has 4 aromatic rings. The monoisotopic (exact) mass is 385 g/mol. The van der Waals surface area contributed by atoms with Gasteiger partial charge < -0.3 is 4.57 Å². The van der Waals surface area contributed by atoms with E-state index in [-0.39, 0.29) is 5.78 Å². The Kier molecular flexibility index (Phi) is 5.36. The van der Waals surface area contributed by atoms with E-state index in [1.54, 1.807) is 11.8 Å². The molecule has 3 heteroatoms. The van der Waals surface area contributed by atoms with Gasteiger partial charge in [-0.15, -0.1) is 11.8 Å². The summed E-state index contributed by atoms with van der Waals surface area (Å²) in [7, 11) is 2.04. The molecule has 0 radical (unpaired) electrons. The Labute approximate surface area is 170 Å². The predicted octanol–water partition coefficient (Wildman–Crippen LogP) is 6.27. The van der Waals surface area contributed by atoms with Crippen molar-refractivity contribution in [3.63, 3.8) is 0 Å². The SMILES string of the molecule is Cc1ccccc1CSCC(=O)c1c(-c2ccccc2)n(C)c2ccccc12. The van der Waals surface area contributed by atoms with Gasteiger partial charge in [0.1, 0.15) is 0 Å². The topological polar surface area (TPSA) is 22.0 Å². The Hall–Kier alpha value is -2.78. The van der Waals surface area contributed by atoms with Gasteiger partial charge in [0.05, 0.1) is 17.0 Å². The van der Waals surface area contributed by atoms with Crippen LogP contribution in [0.1, 0.15) is 21.5 Å². The first-order valence-corrected chi connectivity index (χ1v) is 10.6. The number of carbonyl (C=O) groups excluding carboxylic acids is 1. The molecule has 0 bridgehead atoms. The molecule has 1 aromatic heterocycles. The van der Waals surface area contributed by atoms with E-state index in [0.29, 0.717) is 5.75 Å². The standard InChI is InChI=1S/C25H23NOS/c1-18-10-6-7-13-20(18)16-28-17-23(27)24-21-14-8-9-15-22(21)26(2)25(24)19-11-4-3-5-12-19/h3-15H,16-17H2,1-2H3. The summed E-state index contributed by atoms with van der Waals surface area (Å²) in [5.74, 6) is 1.51. The molecule has 0 unspecified atom stereocenters. The summed E-state index contributed by atoms with van der Waals surface area (Å²) in [6.07, 6.45) is 0. The number of benzene rings is 3. The summed E-state index contributed by atoms with van der Waals surface area (Å²) in [5, 5.41) is 1.03. The minimum Gasteiger partial charge on any atom is -0.343 e. The number of nitrogens with zero attached hydrogens (tertiary/aromatic N) is 1. The number of para-hydroxylation sites is 1. The summed E-state index contributed by atoms with van der Waals surface area (Å²) < 4.78 is 2.14. The van der Waals surface area contributed by atoms with E-state index in [2.05, 4.69) is 60.0 Å². The quantitative estimate of drug-likeness (QED) is 0.365. The van der Waals surface area contributed by atoms with E-state index in [1.165, 1.54) is 11.1 Å². The van der Waals surface area contributed by atoms with E-state index in [4.69, 9.17) is 0 Å². The molecule has 0 aliphatic carbocycles. The summed E-state index contributed by atoms with van der Waals surface area (Å²) in [6, 6.07) is 26.7. The van der Waals surface area contributed by atoms with Crippen LogP contribution >= 0.6 is 11.8 Å². The number of hydrogen-bond donors (Lipinski definition) is 0. The van der Waals surface area contributed by atoms with Crippen LogP contribution in [0.4, 0.5) is 0 Å². The van der Waals surface area contributed by atoms with Crippen LogP contribution in [0.15, 0.2) is 78.9 Å². The fourth-order valence-electron chi connectivity index (χ4n) is 3.71. The zero-order valence-corrected chi connectivity index (χ0v) is 17.0. The molecular formula is C25H23NOS. The van der Waals surface area contributed by atoms with Crippen molar-refractivity contribution in [2.75, 3.05) is 5.75 Å². The van der Waals surface area contributed by atoms with Gasteiger partial charge >= 0.3 is 0 Å². The third kappa shape index (κ3) is 3.50. The van der Waals surface area contributed by atoms with Crippen molar-refractivity contribution in [1.29, 1.82) is 0 Å². The van der Waals surface area contributed by atoms with Crippen molar-refractivity contribution in [3.8, 4) is 11.3 Å². The second-order valence-electron chi connectivity index (χ2n) is 7.01. The van der Waals surface area contributed by atoms with E-state index in [9.17, 15) is 4.79 Å². The van der Waals surface area contributed by atoms with Crippen molar-refractivity contribution in [3.05, 3.63) is 95.6 Å². The number of aryl methyl sites for hydroxylation is 2. The van der Waals surface area contributed by atoms with Gasteiger partial charge in [0.15, 0.2) is 5.78 Å². The highest BCUT2D eigenvalue weighted by Crippen LogP contribution is 2.34. The number of hydrogen-bond acceptors (Lipinski definition) is 2. The maximum Gasteiger partial charge on any atom is 0.175 e. The van der Waals surface area contributed by atoms with Gasteiger partial charge in [0.2, 0.25) is 0 Å². The van der Waals surface area contributed by atoms with Crippen LogP contribution in [0, 0.1) is 6.92 Å². The Morgan fingerprint density at radius 1 is 0.893 bits per heavy atom. The zero-order valence-electron chi connectivity index (χ0n) is 16.2. The number of rotatable bonds is 6. The van der Waals surface area contributed by atoms with Gasteiger partial charge in [0.25, 0.3) is 0 Å². The average molecular weight is 386 g/mol. The highest BCUT2D eigenvalue weighted by atomic mass is 32.2. The minimum atomic E-state index is 0.189. The van der Waals surface area contributed by atoms with Gasteiger partial charge in [0, 0.05) is 23.7 Å². The number of Topliss-reactive ketones (excluding diaryl/α,β-unsaturated/α-hetero) is 1. The maximum atomic E-state index is 13.3. The molecule has 0 N–H and O–H groups in total. The fourth-order valence-corrected chi connectivity index (χ4v) is 4.68. The third-order valence-corrected chi connectivity index (χ3v) is 6.17. The van der Waals surface area contributed by atoms with Gasteiger partial charge in [-0.3, -0.25) is 4.79 Å². The van der Waals surface area contributed by atoms with Crippen molar-refractivity contribution >= 4 is 28.4 Å². The van der Waals surface area contributed by atoms with Crippen molar-refractivity contribution in [2.45, 2.75) is 12.7 Å². The number of carbonyl (C=O) groups is 1.